The number of halogens is 1. The Balaban J connectivity index is 1.97. The number of hydrogen-bond acceptors (Lipinski definition) is 2. The van der Waals surface area contributed by atoms with Gasteiger partial charge in [-0.25, -0.2) is 0 Å². The maximum atomic E-state index is 13.5. The first-order chi connectivity index (χ1) is 15.0. The van der Waals surface area contributed by atoms with Crippen LogP contribution in [0.2, 0.25) is 5.02 Å². The van der Waals surface area contributed by atoms with Crippen LogP contribution in [-0.4, -0.2) is 29.8 Å². The number of nitrogens with zero attached hydrogens (tertiary/aromatic N) is 1. The van der Waals surface area contributed by atoms with Crippen LogP contribution in [0.4, 0.5) is 0 Å². The third-order valence-corrected chi connectivity index (χ3v) is 5.79. The Hall–Kier alpha value is -3.11. The van der Waals surface area contributed by atoms with Crippen molar-refractivity contribution in [1.29, 1.82) is 0 Å². The third kappa shape index (κ3) is 5.96. The van der Waals surface area contributed by atoms with Crippen molar-refractivity contribution in [2.45, 2.75) is 32.4 Å². The lowest BCUT2D eigenvalue weighted by atomic mass is 10.0. The summed E-state index contributed by atoms with van der Waals surface area (Å²) in [5.74, 6) is -0.328. The second-order valence-corrected chi connectivity index (χ2v) is 7.94. The maximum absolute atomic E-state index is 13.5. The predicted molar refractivity (Wildman–Crippen MR) is 125 cm³/mol. The minimum atomic E-state index is -0.637. The molecular formula is C26H27ClN2O2. The molecule has 5 heteroatoms. The van der Waals surface area contributed by atoms with Crippen molar-refractivity contribution in [3.63, 3.8) is 0 Å². The number of likely N-dealkylation sites (N-methyl/N-ethyl adjacent to an activating group) is 1. The lowest BCUT2D eigenvalue weighted by molar-refractivity contribution is -0.140. The molecule has 31 heavy (non-hydrogen) atoms. The molecule has 0 heterocycles. The lowest BCUT2D eigenvalue weighted by Crippen LogP contribution is -2.50. The van der Waals surface area contributed by atoms with Crippen molar-refractivity contribution in [2.24, 2.45) is 0 Å². The molecule has 1 unspecified atom stereocenters. The van der Waals surface area contributed by atoms with E-state index in [1.165, 1.54) is 0 Å². The van der Waals surface area contributed by atoms with Gasteiger partial charge in [0.05, 0.1) is 6.42 Å². The Morgan fingerprint density at radius 2 is 1.52 bits per heavy atom. The minimum Gasteiger partial charge on any atom is -0.357 e. The topological polar surface area (TPSA) is 49.4 Å². The normalized spacial score (nSPS) is 11.6. The summed E-state index contributed by atoms with van der Waals surface area (Å²) in [5.41, 5.74) is 3.83. The van der Waals surface area contributed by atoms with Crippen LogP contribution in [0.25, 0.3) is 0 Å². The Bertz CT molecular complexity index is 1040. The number of amides is 2. The zero-order valence-electron chi connectivity index (χ0n) is 17.8. The molecule has 0 aromatic heterocycles. The molecule has 3 aromatic rings. The number of carbonyl (C=O) groups excluding carboxylic acids is 2. The highest BCUT2D eigenvalue weighted by atomic mass is 35.5. The van der Waals surface area contributed by atoms with E-state index in [0.717, 1.165) is 22.3 Å². The maximum Gasteiger partial charge on any atom is 0.242 e. The number of benzene rings is 3. The molecule has 0 spiro atoms. The predicted octanol–water partition coefficient (Wildman–Crippen LogP) is 4.58. The van der Waals surface area contributed by atoms with Gasteiger partial charge in [0.1, 0.15) is 6.04 Å². The number of carbonyl (C=O) groups is 2. The summed E-state index contributed by atoms with van der Waals surface area (Å²) in [6, 6.07) is 24.4. The molecular weight excluding hydrogens is 408 g/mol. The van der Waals surface area contributed by atoms with E-state index in [2.05, 4.69) is 5.32 Å². The monoisotopic (exact) mass is 434 g/mol. The van der Waals surface area contributed by atoms with Crippen molar-refractivity contribution in [3.8, 4) is 0 Å². The highest BCUT2D eigenvalue weighted by Gasteiger charge is 2.30. The van der Waals surface area contributed by atoms with Gasteiger partial charge in [-0.2, -0.15) is 0 Å². The first-order valence-electron chi connectivity index (χ1n) is 10.3. The molecule has 3 aromatic carbocycles. The smallest absolute Gasteiger partial charge is 0.242 e. The second kappa shape index (κ2) is 10.8. The van der Waals surface area contributed by atoms with Gasteiger partial charge in [0.25, 0.3) is 0 Å². The SMILES string of the molecule is CNC(=O)C(Cc1ccccc1)N(Cc1ccccc1C)C(=O)Cc1ccccc1Cl. The van der Waals surface area contributed by atoms with Gasteiger partial charge in [-0.05, 0) is 35.2 Å². The van der Waals surface area contributed by atoms with Crippen LogP contribution >= 0.6 is 11.6 Å². The van der Waals surface area contributed by atoms with Gasteiger partial charge >= 0.3 is 0 Å². The van der Waals surface area contributed by atoms with E-state index >= 15 is 0 Å². The molecule has 3 rings (SSSR count). The molecule has 1 atom stereocenters. The highest BCUT2D eigenvalue weighted by Crippen LogP contribution is 2.21. The average Bonchev–Trinajstić information content (AvgIpc) is 2.79. The largest absolute Gasteiger partial charge is 0.357 e. The van der Waals surface area contributed by atoms with Crippen LogP contribution in [0, 0.1) is 6.92 Å². The van der Waals surface area contributed by atoms with E-state index in [1.807, 2.05) is 79.7 Å². The summed E-state index contributed by atoms with van der Waals surface area (Å²) < 4.78 is 0. The van der Waals surface area contributed by atoms with E-state index in [0.29, 0.717) is 18.0 Å². The van der Waals surface area contributed by atoms with Gasteiger partial charge in [-0.3, -0.25) is 9.59 Å². The lowest BCUT2D eigenvalue weighted by Gasteiger charge is -2.32. The molecule has 0 saturated heterocycles. The van der Waals surface area contributed by atoms with Crippen molar-refractivity contribution in [3.05, 3.63) is 106 Å². The quantitative estimate of drug-likeness (QED) is 0.564. The van der Waals surface area contributed by atoms with Crippen molar-refractivity contribution in [2.75, 3.05) is 7.05 Å². The molecule has 1 N–H and O–H groups in total. The van der Waals surface area contributed by atoms with Crippen LogP contribution in [0.5, 0.6) is 0 Å². The fourth-order valence-corrected chi connectivity index (χ4v) is 3.80. The molecule has 0 saturated carbocycles. The summed E-state index contributed by atoms with van der Waals surface area (Å²) in [7, 11) is 1.60. The molecule has 2 amide bonds. The van der Waals surface area contributed by atoms with E-state index in [-0.39, 0.29) is 18.2 Å². The minimum absolute atomic E-state index is 0.133. The molecule has 4 nitrogen and oxygen atoms in total. The van der Waals surface area contributed by atoms with Gasteiger partial charge in [-0.1, -0.05) is 84.4 Å². The molecule has 0 aliphatic rings. The van der Waals surface area contributed by atoms with Crippen molar-refractivity contribution >= 4 is 23.4 Å². The average molecular weight is 435 g/mol. The molecule has 0 radical (unpaired) electrons. The standard InChI is InChI=1S/C26H27ClN2O2/c1-19-10-6-7-14-22(19)18-29(25(30)17-21-13-8-9-15-23(21)27)24(26(31)28-2)16-20-11-4-3-5-12-20/h3-15,24H,16-18H2,1-2H3,(H,28,31). The van der Waals surface area contributed by atoms with Gasteiger partial charge in [0.2, 0.25) is 11.8 Å². The van der Waals surface area contributed by atoms with Gasteiger partial charge < -0.3 is 10.2 Å². The number of rotatable bonds is 8. The summed E-state index contributed by atoms with van der Waals surface area (Å²) in [6.45, 7) is 2.36. The Labute approximate surface area is 188 Å². The van der Waals surface area contributed by atoms with E-state index in [9.17, 15) is 9.59 Å². The van der Waals surface area contributed by atoms with Crippen LogP contribution in [-0.2, 0) is 29.0 Å². The Kier molecular flexibility index (Phi) is 7.85. The molecule has 160 valence electrons. The zero-order chi connectivity index (χ0) is 22.2. The zero-order valence-corrected chi connectivity index (χ0v) is 18.6. The van der Waals surface area contributed by atoms with E-state index in [4.69, 9.17) is 11.6 Å². The number of nitrogens with one attached hydrogen (secondary N) is 1. The summed E-state index contributed by atoms with van der Waals surface area (Å²) >= 11 is 6.31. The van der Waals surface area contributed by atoms with Crippen LogP contribution in [0.3, 0.4) is 0 Å². The van der Waals surface area contributed by atoms with E-state index in [1.54, 1.807) is 18.0 Å². The molecule has 0 fully saturated rings. The third-order valence-electron chi connectivity index (χ3n) is 5.42. The first kappa shape index (κ1) is 22.6. The van der Waals surface area contributed by atoms with Crippen LogP contribution in [0.15, 0.2) is 78.9 Å². The van der Waals surface area contributed by atoms with E-state index < -0.39 is 6.04 Å². The summed E-state index contributed by atoms with van der Waals surface area (Å²) in [4.78, 5) is 28.1. The van der Waals surface area contributed by atoms with Gasteiger partial charge in [0.15, 0.2) is 0 Å². The Morgan fingerprint density at radius 3 is 2.16 bits per heavy atom. The molecule has 0 bridgehead atoms. The van der Waals surface area contributed by atoms with Crippen molar-refractivity contribution < 1.29 is 9.59 Å². The Morgan fingerprint density at radius 1 is 0.903 bits per heavy atom. The van der Waals surface area contributed by atoms with Gasteiger partial charge in [-0.15, -0.1) is 0 Å². The highest BCUT2D eigenvalue weighted by molar-refractivity contribution is 6.31. The number of aryl methyl sites for hydroxylation is 1. The fourth-order valence-electron chi connectivity index (χ4n) is 3.60. The first-order valence-corrected chi connectivity index (χ1v) is 10.7. The van der Waals surface area contributed by atoms with Crippen molar-refractivity contribution in [1.82, 2.24) is 10.2 Å². The number of hydrogen-bond donors (Lipinski definition) is 1. The summed E-state index contributed by atoms with van der Waals surface area (Å²) in [5, 5.41) is 3.28. The molecule has 0 aliphatic carbocycles. The summed E-state index contributed by atoms with van der Waals surface area (Å²) in [6.07, 6.45) is 0.564. The van der Waals surface area contributed by atoms with Crippen LogP contribution in [0.1, 0.15) is 22.3 Å². The molecule has 0 aliphatic heterocycles. The fraction of sp³-hybridized carbons (Fsp3) is 0.231. The van der Waals surface area contributed by atoms with Crippen LogP contribution < -0.4 is 5.32 Å². The second-order valence-electron chi connectivity index (χ2n) is 7.54. The van der Waals surface area contributed by atoms with Gasteiger partial charge in [0, 0.05) is 25.0 Å².